The molecule has 10 heteroatoms. The molecular formula is C21H18BrN3O6. The van der Waals surface area contributed by atoms with E-state index >= 15 is 0 Å². The van der Waals surface area contributed by atoms with Crippen molar-refractivity contribution in [2.24, 2.45) is 0 Å². The van der Waals surface area contributed by atoms with Crippen LogP contribution in [0.15, 0.2) is 51.9 Å². The molecule has 0 radical (unpaired) electrons. The summed E-state index contributed by atoms with van der Waals surface area (Å²) in [5.41, 5.74) is 0.385. The van der Waals surface area contributed by atoms with E-state index in [1.807, 2.05) is 30.3 Å². The molecule has 3 aromatic rings. The fraction of sp³-hybridized carbons (Fsp3) is 0.238. The van der Waals surface area contributed by atoms with E-state index in [2.05, 4.69) is 20.9 Å². The Morgan fingerprint density at radius 3 is 2.74 bits per heavy atom. The summed E-state index contributed by atoms with van der Waals surface area (Å²) in [6, 6.07) is 10.8. The highest BCUT2D eigenvalue weighted by atomic mass is 79.9. The van der Waals surface area contributed by atoms with E-state index in [0.717, 1.165) is 5.56 Å². The third kappa shape index (κ3) is 4.11. The third-order valence-corrected chi connectivity index (χ3v) is 5.13. The molecule has 0 saturated carbocycles. The summed E-state index contributed by atoms with van der Waals surface area (Å²) in [5.74, 6) is -1.06. The molecule has 1 saturated heterocycles. The minimum atomic E-state index is -0.822. The van der Waals surface area contributed by atoms with Gasteiger partial charge in [0.05, 0.1) is 19.4 Å². The number of nitrogens with zero attached hydrogens (tertiary/aromatic N) is 3. The van der Waals surface area contributed by atoms with Crippen LogP contribution in [0.4, 0.5) is 10.5 Å². The van der Waals surface area contributed by atoms with E-state index in [1.54, 1.807) is 6.07 Å². The maximum absolute atomic E-state index is 13.3. The number of hydrogen-bond donors (Lipinski definition) is 0. The first-order valence-electron chi connectivity index (χ1n) is 9.45. The first kappa shape index (κ1) is 20.9. The smallest absolute Gasteiger partial charge is 0.414 e. The van der Waals surface area contributed by atoms with Crippen LogP contribution >= 0.6 is 15.9 Å². The second-order valence-corrected chi connectivity index (χ2v) is 7.63. The number of anilines is 1. The summed E-state index contributed by atoms with van der Waals surface area (Å²) in [4.78, 5) is 43.8. The summed E-state index contributed by atoms with van der Waals surface area (Å²) in [5, 5.41) is 0. The zero-order valence-corrected chi connectivity index (χ0v) is 18.1. The molecule has 1 aliphatic heterocycles. The van der Waals surface area contributed by atoms with Crippen molar-refractivity contribution in [1.29, 1.82) is 0 Å². The maximum atomic E-state index is 13.3. The number of amides is 1. The molecule has 160 valence electrons. The molecular weight excluding hydrogens is 470 g/mol. The number of halogens is 1. The van der Waals surface area contributed by atoms with Crippen LogP contribution in [0.5, 0.6) is 5.75 Å². The van der Waals surface area contributed by atoms with Crippen molar-refractivity contribution in [2.75, 3.05) is 25.2 Å². The number of hydrogen-bond acceptors (Lipinski definition) is 7. The van der Waals surface area contributed by atoms with Crippen LogP contribution in [0, 0.1) is 0 Å². The zero-order chi connectivity index (χ0) is 22.0. The van der Waals surface area contributed by atoms with Crippen molar-refractivity contribution in [1.82, 2.24) is 9.38 Å². The second-order valence-electron chi connectivity index (χ2n) is 6.72. The van der Waals surface area contributed by atoms with E-state index in [0.29, 0.717) is 29.7 Å². The SMILES string of the molecule is COC(=O)c1nc2c(N3CCCOC3=O)cc(Br)cn2c(=O)c1OCc1ccccc1. The lowest BCUT2D eigenvalue weighted by Crippen LogP contribution is -2.38. The number of methoxy groups -OCH3 is 1. The average molecular weight is 488 g/mol. The third-order valence-electron chi connectivity index (χ3n) is 4.70. The quantitative estimate of drug-likeness (QED) is 0.509. The Hall–Kier alpha value is -3.40. The molecule has 0 aliphatic carbocycles. The molecule has 0 unspecified atom stereocenters. The Balaban J connectivity index is 1.88. The molecule has 1 aromatic carbocycles. The zero-order valence-electron chi connectivity index (χ0n) is 16.5. The lowest BCUT2D eigenvalue weighted by molar-refractivity contribution is 0.0588. The fourth-order valence-corrected chi connectivity index (χ4v) is 3.66. The molecule has 1 amide bonds. The van der Waals surface area contributed by atoms with Gasteiger partial charge < -0.3 is 14.2 Å². The van der Waals surface area contributed by atoms with Gasteiger partial charge in [0, 0.05) is 17.2 Å². The standard InChI is InChI=1S/C21H18BrN3O6/c1-29-20(27)16-17(31-12-13-6-3-2-4-7-13)19(26)25-11-14(22)10-15(18(25)23-16)24-8-5-9-30-21(24)28/h2-4,6-7,10-11H,5,8-9,12H2,1H3. The molecule has 31 heavy (non-hydrogen) atoms. The van der Waals surface area contributed by atoms with Gasteiger partial charge in [-0.1, -0.05) is 30.3 Å². The molecule has 0 atom stereocenters. The monoisotopic (exact) mass is 487 g/mol. The highest BCUT2D eigenvalue weighted by Crippen LogP contribution is 2.28. The van der Waals surface area contributed by atoms with E-state index < -0.39 is 17.6 Å². The lowest BCUT2D eigenvalue weighted by Gasteiger charge is -2.27. The maximum Gasteiger partial charge on any atom is 0.414 e. The van der Waals surface area contributed by atoms with Gasteiger partial charge in [0.1, 0.15) is 6.61 Å². The van der Waals surface area contributed by atoms with Crippen molar-refractivity contribution < 1.29 is 23.8 Å². The van der Waals surface area contributed by atoms with Crippen LogP contribution in [0.1, 0.15) is 22.5 Å². The summed E-state index contributed by atoms with van der Waals surface area (Å²) in [6.07, 6.45) is 1.57. The van der Waals surface area contributed by atoms with Crippen molar-refractivity contribution in [3.63, 3.8) is 0 Å². The number of aromatic nitrogens is 2. The largest absolute Gasteiger partial charge is 0.481 e. The van der Waals surface area contributed by atoms with Gasteiger partial charge in [0.2, 0.25) is 5.75 Å². The lowest BCUT2D eigenvalue weighted by atomic mass is 10.2. The fourth-order valence-electron chi connectivity index (χ4n) is 3.24. The molecule has 0 bridgehead atoms. The van der Waals surface area contributed by atoms with Crippen LogP contribution in [0.25, 0.3) is 5.65 Å². The molecule has 0 spiro atoms. The molecule has 1 fully saturated rings. The normalized spacial score (nSPS) is 13.7. The number of fused-ring (bicyclic) bond motifs is 1. The highest BCUT2D eigenvalue weighted by Gasteiger charge is 2.28. The minimum Gasteiger partial charge on any atom is -0.481 e. The van der Waals surface area contributed by atoms with Gasteiger partial charge in [-0.3, -0.25) is 14.1 Å². The van der Waals surface area contributed by atoms with Crippen molar-refractivity contribution in [3.8, 4) is 5.75 Å². The molecule has 3 heterocycles. The summed E-state index contributed by atoms with van der Waals surface area (Å²) < 4.78 is 17.4. The Morgan fingerprint density at radius 2 is 2.03 bits per heavy atom. The van der Waals surface area contributed by atoms with Crippen LogP contribution in [0.2, 0.25) is 0 Å². The van der Waals surface area contributed by atoms with Gasteiger partial charge in [0.15, 0.2) is 11.3 Å². The molecule has 0 N–H and O–H groups in total. The Kier molecular flexibility index (Phi) is 5.90. The number of benzene rings is 1. The first-order valence-corrected chi connectivity index (χ1v) is 10.2. The van der Waals surface area contributed by atoms with Gasteiger partial charge in [-0.15, -0.1) is 0 Å². The van der Waals surface area contributed by atoms with Gasteiger partial charge in [-0.2, -0.15) is 0 Å². The Bertz CT molecular complexity index is 1210. The van der Waals surface area contributed by atoms with Gasteiger partial charge in [-0.05, 0) is 34.0 Å². The van der Waals surface area contributed by atoms with Crippen LogP contribution in [-0.2, 0) is 16.1 Å². The Labute approximate surface area is 185 Å². The number of esters is 1. The van der Waals surface area contributed by atoms with Crippen molar-refractivity contribution in [2.45, 2.75) is 13.0 Å². The number of carbonyl (C=O) groups is 2. The highest BCUT2D eigenvalue weighted by molar-refractivity contribution is 9.10. The van der Waals surface area contributed by atoms with Gasteiger partial charge >= 0.3 is 17.6 Å². The summed E-state index contributed by atoms with van der Waals surface area (Å²) in [6.45, 7) is 0.771. The second kappa shape index (κ2) is 8.76. The topological polar surface area (TPSA) is 99.4 Å². The van der Waals surface area contributed by atoms with Crippen LogP contribution in [0.3, 0.4) is 0 Å². The molecule has 2 aromatic heterocycles. The first-order chi connectivity index (χ1) is 15.0. The molecule has 9 nitrogen and oxygen atoms in total. The molecule has 4 rings (SSSR count). The number of carbonyl (C=O) groups excluding carboxylic acids is 2. The predicted octanol–water partition coefficient (Wildman–Crippen LogP) is 3.17. The van der Waals surface area contributed by atoms with E-state index in [9.17, 15) is 14.4 Å². The van der Waals surface area contributed by atoms with Crippen LogP contribution in [-0.4, -0.2) is 41.7 Å². The Morgan fingerprint density at radius 1 is 1.26 bits per heavy atom. The van der Waals surface area contributed by atoms with E-state index in [4.69, 9.17) is 14.2 Å². The average Bonchev–Trinajstić information content (AvgIpc) is 2.79. The number of cyclic esters (lactones) is 1. The van der Waals surface area contributed by atoms with Crippen molar-refractivity contribution in [3.05, 3.63) is 68.7 Å². The summed E-state index contributed by atoms with van der Waals surface area (Å²) in [7, 11) is 1.19. The number of ether oxygens (including phenoxy) is 3. The van der Waals surface area contributed by atoms with Gasteiger partial charge in [-0.25, -0.2) is 14.6 Å². The number of pyridine rings is 1. The minimum absolute atomic E-state index is 0.0626. The predicted molar refractivity (Wildman–Crippen MR) is 115 cm³/mol. The number of rotatable bonds is 5. The van der Waals surface area contributed by atoms with E-state index in [-0.39, 0.29) is 23.7 Å². The van der Waals surface area contributed by atoms with Crippen LogP contribution < -0.4 is 15.2 Å². The van der Waals surface area contributed by atoms with E-state index in [1.165, 1.54) is 22.6 Å². The van der Waals surface area contributed by atoms with Gasteiger partial charge in [0.25, 0.3) is 0 Å². The molecule has 1 aliphatic rings. The van der Waals surface area contributed by atoms with Crippen molar-refractivity contribution >= 4 is 39.3 Å². The summed E-state index contributed by atoms with van der Waals surface area (Å²) >= 11 is 3.37.